The predicted octanol–water partition coefficient (Wildman–Crippen LogP) is 1.12. The van der Waals surface area contributed by atoms with Crippen LogP contribution < -0.4 is 11.3 Å². The van der Waals surface area contributed by atoms with E-state index in [1.54, 1.807) is 11.3 Å². The van der Waals surface area contributed by atoms with Crippen LogP contribution in [0.5, 0.6) is 0 Å². The van der Waals surface area contributed by atoms with Crippen molar-refractivity contribution in [2.45, 2.75) is 18.9 Å². The van der Waals surface area contributed by atoms with Crippen LogP contribution in [0.25, 0.3) is 0 Å². The molecule has 0 unspecified atom stereocenters. The van der Waals surface area contributed by atoms with Crippen molar-refractivity contribution in [3.05, 3.63) is 22.4 Å². The molecule has 1 saturated carbocycles. The maximum absolute atomic E-state index is 5.36. The third-order valence-electron chi connectivity index (χ3n) is 1.79. The maximum Gasteiger partial charge on any atom is 0.143 e. The Morgan fingerprint density at radius 1 is 1.67 bits per heavy atom. The van der Waals surface area contributed by atoms with Gasteiger partial charge in [-0.25, -0.2) is 5.84 Å². The highest BCUT2D eigenvalue weighted by molar-refractivity contribution is 7.08. The molecule has 1 aromatic rings. The van der Waals surface area contributed by atoms with Gasteiger partial charge in [-0.2, -0.15) is 11.3 Å². The number of hydrazine groups is 1. The third-order valence-corrected chi connectivity index (χ3v) is 2.47. The average molecular weight is 181 g/mol. The number of amidine groups is 1. The van der Waals surface area contributed by atoms with Crippen molar-refractivity contribution in [3.8, 4) is 0 Å². The second kappa shape index (κ2) is 3.25. The molecule has 1 fully saturated rings. The smallest absolute Gasteiger partial charge is 0.143 e. The van der Waals surface area contributed by atoms with Gasteiger partial charge in [0.2, 0.25) is 0 Å². The van der Waals surface area contributed by atoms with Crippen LogP contribution in [-0.2, 0) is 0 Å². The highest BCUT2D eigenvalue weighted by Gasteiger charge is 2.21. The molecule has 4 heteroatoms. The van der Waals surface area contributed by atoms with E-state index in [9.17, 15) is 0 Å². The fourth-order valence-electron chi connectivity index (χ4n) is 0.981. The lowest BCUT2D eigenvalue weighted by atomic mass is 10.3. The van der Waals surface area contributed by atoms with E-state index in [0.717, 1.165) is 11.4 Å². The molecule has 0 bridgehead atoms. The zero-order valence-corrected chi connectivity index (χ0v) is 7.47. The van der Waals surface area contributed by atoms with Crippen LogP contribution in [0.2, 0.25) is 0 Å². The summed E-state index contributed by atoms with van der Waals surface area (Å²) in [5.74, 6) is 6.18. The van der Waals surface area contributed by atoms with Gasteiger partial charge in [0.05, 0.1) is 6.04 Å². The number of hydrogen-bond acceptors (Lipinski definition) is 3. The summed E-state index contributed by atoms with van der Waals surface area (Å²) in [6, 6.07) is 2.53. The van der Waals surface area contributed by atoms with E-state index in [-0.39, 0.29) is 0 Å². The molecule has 64 valence electrons. The first-order chi connectivity index (χ1) is 5.90. The lowest BCUT2D eigenvalue weighted by Gasteiger charge is -2.01. The van der Waals surface area contributed by atoms with Gasteiger partial charge in [-0.05, 0) is 24.3 Å². The molecule has 1 heterocycles. The normalized spacial score (nSPS) is 17.9. The van der Waals surface area contributed by atoms with Gasteiger partial charge in [-0.15, -0.1) is 0 Å². The molecule has 0 aliphatic heterocycles. The molecule has 3 N–H and O–H groups in total. The minimum absolute atomic E-state index is 0.510. The average Bonchev–Trinajstić information content (AvgIpc) is 2.74. The number of hydrogen-bond donors (Lipinski definition) is 2. The second-order valence-corrected chi connectivity index (χ2v) is 3.65. The van der Waals surface area contributed by atoms with Gasteiger partial charge in [-0.1, -0.05) is 0 Å². The highest BCUT2D eigenvalue weighted by atomic mass is 32.1. The number of thiophene rings is 1. The third kappa shape index (κ3) is 1.65. The Kier molecular flexibility index (Phi) is 2.10. The summed E-state index contributed by atoms with van der Waals surface area (Å²) in [5.41, 5.74) is 3.72. The molecule has 0 spiro atoms. The largest absolute Gasteiger partial charge is 0.308 e. The molecule has 1 aliphatic carbocycles. The molecule has 2 rings (SSSR count). The quantitative estimate of drug-likeness (QED) is 0.311. The second-order valence-electron chi connectivity index (χ2n) is 2.87. The molecule has 0 radical (unpaired) electrons. The monoisotopic (exact) mass is 181 g/mol. The molecule has 12 heavy (non-hydrogen) atoms. The summed E-state index contributed by atoms with van der Waals surface area (Å²) < 4.78 is 0. The fourth-order valence-corrected chi connectivity index (χ4v) is 1.62. The fraction of sp³-hybridized carbons (Fsp3) is 0.375. The Bertz CT molecular complexity index is 275. The van der Waals surface area contributed by atoms with Crippen LogP contribution in [0.15, 0.2) is 21.8 Å². The highest BCUT2D eigenvalue weighted by Crippen LogP contribution is 2.24. The van der Waals surface area contributed by atoms with Gasteiger partial charge in [-0.3, -0.25) is 4.99 Å². The zero-order valence-electron chi connectivity index (χ0n) is 6.66. The molecule has 0 amide bonds. The summed E-state index contributed by atoms with van der Waals surface area (Å²) in [7, 11) is 0. The van der Waals surface area contributed by atoms with Crippen LogP contribution in [0.1, 0.15) is 18.4 Å². The maximum atomic E-state index is 5.36. The van der Waals surface area contributed by atoms with Crippen LogP contribution in [0.4, 0.5) is 0 Å². The van der Waals surface area contributed by atoms with E-state index in [2.05, 4.69) is 10.4 Å². The first-order valence-corrected chi connectivity index (χ1v) is 4.91. The Hall–Kier alpha value is -0.870. The summed E-state index contributed by atoms with van der Waals surface area (Å²) in [6.45, 7) is 0. The number of aliphatic imine (C=N–C) groups is 1. The molecular weight excluding hydrogens is 170 g/mol. The molecule has 0 aromatic carbocycles. The van der Waals surface area contributed by atoms with Crippen LogP contribution >= 0.6 is 11.3 Å². The summed E-state index contributed by atoms with van der Waals surface area (Å²) in [6.07, 6.45) is 2.41. The van der Waals surface area contributed by atoms with Gasteiger partial charge in [0.15, 0.2) is 0 Å². The molecule has 0 saturated heterocycles. The molecular formula is C8H11N3S. The molecule has 1 aromatic heterocycles. The minimum Gasteiger partial charge on any atom is -0.308 e. The van der Waals surface area contributed by atoms with E-state index in [0.29, 0.717) is 6.04 Å². The van der Waals surface area contributed by atoms with E-state index in [4.69, 9.17) is 5.84 Å². The standard InChI is InChI=1S/C8H11N3S/c9-11-8(10-7-1-2-7)6-3-4-12-5-6/h3-5,7H,1-2,9H2,(H,10,11). The summed E-state index contributed by atoms with van der Waals surface area (Å²) >= 11 is 1.65. The van der Waals surface area contributed by atoms with Crippen molar-refractivity contribution in [2.75, 3.05) is 0 Å². The lowest BCUT2D eigenvalue weighted by Crippen LogP contribution is -2.31. The van der Waals surface area contributed by atoms with Gasteiger partial charge < -0.3 is 5.43 Å². The summed E-state index contributed by atoms with van der Waals surface area (Å²) in [4.78, 5) is 4.44. The van der Waals surface area contributed by atoms with Crippen LogP contribution in [-0.4, -0.2) is 11.9 Å². The molecule has 1 aliphatic rings. The number of nitrogens with two attached hydrogens (primary N) is 1. The van der Waals surface area contributed by atoms with Gasteiger partial charge in [0, 0.05) is 10.9 Å². The molecule has 0 atom stereocenters. The Balaban J connectivity index is 2.17. The Morgan fingerprint density at radius 3 is 3.00 bits per heavy atom. The van der Waals surface area contributed by atoms with Gasteiger partial charge in [0.1, 0.15) is 5.84 Å². The first kappa shape index (κ1) is 7.76. The van der Waals surface area contributed by atoms with E-state index in [1.807, 2.05) is 16.8 Å². The first-order valence-electron chi connectivity index (χ1n) is 3.97. The molecule has 3 nitrogen and oxygen atoms in total. The topological polar surface area (TPSA) is 50.4 Å². The van der Waals surface area contributed by atoms with E-state index >= 15 is 0 Å². The number of rotatable bonds is 2. The van der Waals surface area contributed by atoms with Crippen molar-refractivity contribution in [2.24, 2.45) is 10.8 Å². The predicted molar refractivity (Wildman–Crippen MR) is 51.2 cm³/mol. The Labute approximate surface area is 75.3 Å². The van der Waals surface area contributed by atoms with Crippen molar-refractivity contribution in [3.63, 3.8) is 0 Å². The summed E-state index contributed by atoms with van der Waals surface area (Å²) in [5, 5.41) is 4.07. The van der Waals surface area contributed by atoms with Crippen molar-refractivity contribution >= 4 is 17.2 Å². The lowest BCUT2D eigenvalue weighted by molar-refractivity contribution is 0.972. The van der Waals surface area contributed by atoms with Crippen molar-refractivity contribution < 1.29 is 0 Å². The minimum atomic E-state index is 0.510. The van der Waals surface area contributed by atoms with Crippen LogP contribution in [0, 0.1) is 0 Å². The van der Waals surface area contributed by atoms with Gasteiger partial charge in [0.25, 0.3) is 0 Å². The zero-order chi connectivity index (χ0) is 8.39. The SMILES string of the molecule is NNC(=NC1CC1)c1ccsc1. The number of nitrogens with zero attached hydrogens (tertiary/aromatic N) is 1. The van der Waals surface area contributed by atoms with E-state index < -0.39 is 0 Å². The van der Waals surface area contributed by atoms with E-state index in [1.165, 1.54) is 12.8 Å². The van der Waals surface area contributed by atoms with Crippen molar-refractivity contribution in [1.82, 2.24) is 5.43 Å². The van der Waals surface area contributed by atoms with Crippen molar-refractivity contribution in [1.29, 1.82) is 0 Å². The van der Waals surface area contributed by atoms with Crippen LogP contribution in [0.3, 0.4) is 0 Å². The Morgan fingerprint density at radius 2 is 2.50 bits per heavy atom. The number of nitrogens with one attached hydrogen (secondary N) is 1. The van der Waals surface area contributed by atoms with Gasteiger partial charge >= 0.3 is 0 Å².